The van der Waals surface area contributed by atoms with Gasteiger partial charge in [-0.25, -0.2) is 4.79 Å². The number of aromatic nitrogens is 5. The van der Waals surface area contributed by atoms with E-state index in [0.29, 0.717) is 17.5 Å². The predicted octanol–water partition coefficient (Wildman–Crippen LogP) is 1.87. The third kappa shape index (κ3) is 3.73. The minimum atomic E-state index is -0.766. The van der Waals surface area contributed by atoms with Crippen molar-refractivity contribution in [3.63, 3.8) is 0 Å². The van der Waals surface area contributed by atoms with E-state index in [1.54, 1.807) is 6.08 Å². The number of H-pyrrole nitrogens is 1. The molecule has 0 radical (unpaired) electrons. The molecule has 9 nitrogen and oxygen atoms in total. The first-order chi connectivity index (χ1) is 14.5. The van der Waals surface area contributed by atoms with E-state index < -0.39 is 17.0 Å². The number of aromatic amines is 1. The Morgan fingerprint density at radius 1 is 1.27 bits per heavy atom. The van der Waals surface area contributed by atoms with Crippen LogP contribution in [-0.4, -0.2) is 35.9 Å². The first-order valence-corrected chi connectivity index (χ1v) is 10.4. The average Bonchev–Trinajstić information content (AvgIpc) is 3.47. The summed E-state index contributed by atoms with van der Waals surface area (Å²) in [5, 5.41) is 8.96. The zero-order valence-corrected chi connectivity index (χ0v) is 16.9. The van der Waals surface area contributed by atoms with Gasteiger partial charge in [-0.3, -0.25) is 23.7 Å². The van der Waals surface area contributed by atoms with Crippen LogP contribution in [0.4, 0.5) is 5.82 Å². The second kappa shape index (κ2) is 8.15. The van der Waals surface area contributed by atoms with Crippen molar-refractivity contribution in [3.05, 3.63) is 69.4 Å². The molecule has 1 aliphatic rings. The Morgan fingerprint density at radius 3 is 2.67 bits per heavy atom. The van der Waals surface area contributed by atoms with Crippen molar-refractivity contribution in [2.24, 2.45) is 0 Å². The number of rotatable bonds is 8. The Hall–Kier alpha value is -3.40. The van der Waals surface area contributed by atoms with Crippen molar-refractivity contribution in [1.82, 2.24) is 24.3 Å². The molecule has 0 saturated heterocycles. The lowest BCUT2D eigenvalue weighted by Crippen LogP contribution is -2.36. The van der Waals surface area contributed by atoms with E-state index in [9.17, 15) is 14.4 Å². The summed E-state index contributed by atoms with van der Waals surface area (Å²) >= 11 is 1.15. The highest BCUT2D eigenvalue weighted by Gasteiger charge is 2.30. The topological polar surface area (TPSA) is 129 Å². The zero-order chi connectivity index (χ0) is 21.3. The number of anilines is 1. The number of Topliss-reactive ketones (excluding diaryl/α,β-unsaturated/α-hetero) is 1. The molecular weight excluding hydrogens is 404 g/mol. The lowest BCUT2D eigenvalue weighted by molar-refractivity contribution is 0.102. The SMILES string of the molecule is C=CCn1c(SCC(=O)c2c(N)n(C3CC3)c(=O)[nH]c2=O)nnc1-c1ccccc1. The van der Waals surface area contributed by atoms with Crippen LogP contribution in [0.25, 0.3) is 11.4 Å². The van der Waals surface area contributed by atoms with Crippen molar-refractivity contribution in [2.75, 3.05) is 11.5 Å². The quantitative estimate of drug-likeness (QED) is 0.321. The molecule has 0 amide bonds. The number of hydrogen-bond acceptors (Lipinski definition) is 7. The zero-order valence-electron chi connectivity index (χ0n) is 16.1. The molecule has 0 spiro atoms. The van der Waals surface area contributed by atoms with Crippen molar-refractivity contribution in [2.45, 2.75) is 30.6 Å². The molecule has 0 aliphatic heterocycles. The highest BCUT2D eigenvalue weighted by molar-refractivity contribution is 7.99. The number of nitrogen functional groups attached to an aromatic ring is 1. The summed E-state index contributed by atoms with van der Waals surface area (Å²) in [6.07, 6.45) is 3.31. The van der Waals surface area contributed by atoms with E-state index in [4.69, 9.17) is 5.73 Å². The molecule has 154 valence electrons. The Labute approximate surface area is 175 Å². The second-order valence-corrected chi connectivity index (χ2v) is 7.85. The number of benzene rings is 1. The average molecular weight is 424 g/mol. The number of nitrogens with one attached hydrogen (secondary N) is 1. The van der Waals surface area contributed by atoms with Crippen molar-refractivity contribution in [3.8, 4) is 11.4 Å². The fourth-order valence-electron chi connectivity index (χ4n) is 3.22. The Bertz CT molecular complexity index is 1220. The number of ketones is 1. The Balaban J connectivity index is 1.60. The number of hydrogen-bond donors (Lipinski definition) is 2. The number of allylic oxidation sites excluding steroid dienone is 1. The summed E-state index contributed by atoms with van der Waals surface area (Å²) in [7, 11) is 0. The number of nitrogens with zero attached hydrogens (tertiary/aromatic N) is 4. The van der Waals surface area contributed by atoms with Gasteiger partial charge in [0.25, 0.3) is 5.56 Å². The van der Waals surface area contributed by atoms with Gasteiger partial charge in [0, 0.05) is 18.2 Å². The van der Waals surface area contributed by atoms with Crippen molar-refractivity contribution >= 4 is 23.4 Å². The number of carbonyl (C=O) groups is 1. The smallest absolute Gasteiger partial charge is 0.330 e. The molecule has 3 N–H and O–H groups in total. The van der Waals surface area contributed by atoms with Gasteiger partial charge in [0.1, 0.15) is 11.4 Å². The molecule has 1 fully saturated rings. The van der Waals surface area contributed by atoms with Crippen LogP contribution in [0.1, 0.15) is 29.2 Å². The summed E-state index contributed by atoms with van der Waals surface area (Å²) in [5.41, 5.74) is 5.38. The van der Waals surface area contributed by atoms with Gasteiger partial charge in [0.2, 0.25) is 0 Å². The molecule has 1 aliphatic carbocycles. The minimum absolute atomic E-state index is 0.0577. The van der Waals surface area contributed by atoms with Gasteiger partial charge in [-0.2, -0.15) is 0 Å². The molecular formula is C20H20N6O3S. The Kier molecular flexibility index (Phi) is 5.40. The van der Waals surface area contributed by atoms with Gasteiger partial charge >= 0.3 is 5.69 Å². The highest BCUT2D eigenvalue weighted by atomic mass is 32.2. The van der Waals surface area contributed by atoms with Gasteiger partial charge in [0.05, 0.1) is 5.75 Å². The van der Waals surface area contributed by atoms with Crippen molar-refractivity contribution < 1.29 is 4.79 Å². The van der Waals surface area contributed by atoms with Crippen LogP contribution >= 0.6 is 11.8 Å². The number of nitrogens with two attached hydrogens (primary N) is 1. The molecule has 1 saturated carbocycles. The minimum Gasteiger partial charge on any atom is -0.384 e. The van der Waals surface area contributed by atoms with E-state index in [0.717, 1.165) is 30.2 Å². The molecule has 3 aromatic rings. The maximum atomic E-state index is 12.8. The first-order valence-electron chi connectivity index (χ1n) is 9.41. The molecule has 0 atom stereocenters. The lowest BCUT2D eigenvalue weighted by atomic mass is 10.2. The highest BCUT2D eigenvalue weighted by Crippen LogP contribution is 2.35. The first kappa shape index (κ1) is 19.9. The van der Waals surface area contributed by atoms with E-state index in [2.05, 4.69) is 21.8 Å². The predicted molar refractivity (Wildman–Crippen MR) is 115 cm³/mol. The van der Waals surface area contributed by atoms with E-state index in [1.165, 1.54) is 4.57 Å². The molecule has 0 bridgehead atoms. The summed E-state index contributed by atoms with van der Waals surface area (Å²) in [6, 6.07) is 9.51. The van der Waals surface area contributed by atoms with Gasteiger partial charge in [-0.05, 0) is 12.8 Å². The molecule has 0 unspecified atom stereocenters. The molecule has 2 aromatic heterocycles. The monoisotopic (exact) mass is 424 g/mol. The normalized spacial score (nSPS) is 13.3. The number of thioether (sulfide) groups is 1. The lowest BCUT2D eigenvalue weighted by Gasteiger charge is -2.11. The maximum absolute atomic E-state index is 12.8. The van der Waals surface area contributed by atoms with Crippen LogP contribution in [0.15, 0.2) is 57.7 Å². The van der Waals surface area contributed by atoms with E-state index in [1.807, 2.05) is 34.9 Å². The molecule has 30 heavy (non-hydrogen) atoms. The summed E-state index contributed by atoms with van der Waals surface area (Å²) in [4.78, 5) is 39.3. The van der Waals surface area contributed by atoms with E-state index >= 15 is 0 Å². The van der Waals surface area contributed by atoms with Gasteiger partial charge in [-0.1, -0.05) is 48.2 Å². The van der Waals surface area contributed by atoms with Crippen LogP contribution in [0.3, 0.4) is 0 Å². The van der Waals surface area contributed by atoms with Crippen LogP contribution in [0.2, 0.25) is 0 Å². The van der Waals surface area contributed by atoms with Crippen LogP contribution in [0, 0.1) is 0 Å². The summed E-state index contributed by atoms with van der Waals surface area (Å²) < 4.78 is 3.14. The largest absolute Gasteiger partial charge is 0.384 e. The molecule has 1 aromatic carbocycles. The standard InChI is InChI=1S/C20H20N6O3S/c1-2-10-25-17(12-6-4-3-5-7-12)23-24-20(25)30-11-14(27)15-16(21)26(13-8-9-13)19(29)22-18(15)28/h2-7,13H,1,8-11,21H2,(H,22,28,29). The fourth-order valence-corrected chi connectivity index (χ4v) is 4.04. The summed E-state index contributed by atoms with van der Waals surface area (Å²) in [6.45, 7) is 4.23. The van der Waals surface area contributed by atoms with E-state index in [-0.39, 0.29) is 23.2 Å². The summed E-state index contributed by atoms with van der Waals surface area (Å²) in [5.74, 6) is 0.0438. The maximum Gasteiger partial charge on any atom is 0.330 e. The van der Waals surface area contributed by atoms with Crippen LogP contribution in [0.5, 0.6) is 0 Å². The molecule has 4 rings (SSSR count). The van der Waals surface area contributed by atoms with Gasteiger partial charge in [0.15, 0.2) is 16.8 Å². The molecule has 2 heterocycles. The Morgan fingerprint density at radius 2 is 2.00 bits per heavy atom. The fraction of sp³-hybridized carbons (Fsp3) is 0.250. The van der Waals surface area contributed by atoms with Gasteiger partial charge < -0.3 is 5.73 Å². The second-order valence-electron chi connectivity index (χ2n) is 6.90. The van der Waals surface area contributed by atoms with Crippen LogP contribution < -0.4 is 17.0 Å². The molecule has 10 heteroatoms. The third-order valence-electron chi connectivity index (χ3n) is 4.77. The third-order valence-corrected chi connectivity index (χ3v) is 5.73. The van der Waals surface area contributed by atoms with Crippen molar-refractivity contribution in [1.29, 1.82) is 0 Å². The number of carbonyl (C=O) groups excluding carboxylic acids is 1. The van der Waals surface area contributed by atoms with Crippen LogP contribution in [-0.2, 0) is 6.54 Å². The van der Waals surface area contributed by atoms with Gasteiger partial charge in [-0.15, -0.1) is 16.8 Å².